The maximum Gasteiger partial charge on any atom is 0.325 e. The molecule has 0 spiro atoms. The summed E-state index contributed by atoms with van der Waals surface area (Å²) in [5, 5.41) is 10.4. The Kier molecular flexibility index (Phi) is 4.76. The summed E-state index contributed by atoms with van der Waals surface area (Å²) in [6.45, 7) is 0.217. The summed E-state index contributed by atoms with van der Waals surface area (Å²) >= 11 is 8.72. The minimum atomic E-state index is -4.08. The largest absolute Gasteiger partial charge is 0.480 e. The highest BCUT2D eigenvalue weighted by Crippen LogP contribution is 2.39. The SMILES string of the molecule is O=C(O)C1(S(=O)(=O)c2ccc3nc(-c4ccc(Cl)s4)sc3c2)CCOCC1. The third-order valence-corrected chi connectivity index (χ3v) is 9.56. The maximum absolute atomic E-state index is 13.2. The van der Waals surface area contributed by atoms with Crippen LogP contribution in [0.15, 0.2) is 35.2 Å². The molecule has 1 N–H and O–H groups in total. The lowest BCUT2D eigenvalue weighted by molar-refractivity contribution is -0.142. The summed E-state index contributed by atoms with van der Waals surface area (Å²) in [5.74, 6) is -1.33. The molecule has 1 aliphatic rings. The molecule has 0 amide bonds. The lowest BCUT2D eigenvalue weighted by atomic mass is 9.99. The number of sulfone groups is 1. The molecule has 0 bridgehead atoms. The zero-order chi connectivity index (χ0) is 19.2. The number of carbonyl (C=O) groups is 1. The van der Waals surface area contributed by atoms with Gasteiger partial charge in [-0.05, 0) is 30.3 Å². The van der Waals surface area contributed by atoms with E-state index in [-0.39, 0.29) is 31.0 Å². The number of thiophene rings is 1. The van der Waals surface area contributed by atoms with Gasteiger partial charge in [0.05, 0.1) is 24.3 Å². The van der Waals surface area contributed by atoms with E-state index in [4.69, 9.17) is 16.3 Å². The topological polar surface area (TPSA) is 93.6 Å². The first-order valence-corrected chi connectivity index (χ1v) is 11.5. The summed E-state index contributed by atoms with van der Waals surface area (Å²) < 4.78 is 31.1. The second kappa shape index (κ2) is 6.82. The maximum atomic E-state index is 13.2. The number of aliphatic carboxylic acids is 1. The van der Waals surface area contributed by atoms with Crippen LogP contribution in [-0.4, -0.2) is 42.4 Å². The summed E-state index contributed by atoms with van der Waals surface area (Å²) in [4.78, 5) is 17.3. The average molecular weight is 444 g/mol. The fraction of sp³-hybridized carbons (Fsp3) is 0.294. The molecule has 1 aromatic carbocycles. The van der Waals surface area contributed by atoms with Crippen molar-refractivity contribution in [2.75, 3.05) is 13.2 Å². The summed E-state index contributed by atoms with van der Waals surface area (Å²) in [5.41, 5.74) is 0.662. The Labute approximate surface area is 168 Å². The molecule has 0 unspecified atom stereocenters. The van der Waals surface area contributed by atoms with Crippen LogP contribution in [0.5, 0.6) is 0 Å². The number of hydrogen-bond donors (Lipinski definition) is 1. The molecule has 6 nitrogen and oxygen atoms in total. The van der Waals surface area contributed by atoms with E-state index >= 15 is 0 Å². The minimum absolute atomic E-state index is 0.00119. The predicted molar refractivity (Wildman–Crippen MR) is 106 cm³/mol. The highest BCUT2D eigenvalue weighted by atomic mass is 35.5. The van der Waals surface area contributed by atoms with Gasteiger partial charge in [-0.15, -0.1) is 22.7 Å². The van der Waals surface area contributed by atoms with Crippen molar-refractivity contribution in [2.45, 2.75) is 22.5 Å². The number of fused-ring (bicyclic) bond motifs is 1. The van der Waals surface area contributed by atoms with Gasteiger partial charge < -0.3 is 9.84 Å². The van der Waals surface area contributed by atoms with E-state index in [1.807, 2.05) is 6.07 Å². The molecule has 2 aromatic heterocycles. The molecule has 27 heavy (non-hydrogen) atoms. The Morgan fingerprint density at radius 3 is 2.56 bits per heavy atom. The fourth-order valence-electron chi connectivity index (χ4n) is 3.13. The van der Waals surface area contributed by atoms with Gasteiger partial charge in [-0.3, -0.25) is 4.79 Å². The van der Waals surface area contributed by atoms with Crippen molar-refractivity contribution in [1.82, 2.24) is 4.98 Å². The molecule has 1 saturated heterocycles. The van der Waals surface area contributed by atoms with Crippen LogP contribution in [0, 0.1) is 0 Å². The van der Waals surface area contributed by atoms with Crippen LogP contribution >= 0.6 is 34.3 Å². The van der Waals surface area contributed by atoms with Crippen LogP contribution < -0.4 is 0 Å². The van der Waals surface area contributed by atoms with Crippen molar-refractivity contribution < 1.29 is 23.1 Å². The lowest BCUT2D eigenvalue weighted by Crippen LogP contribution is -2.50. The number of carboxylic acid groups (broad SMARTS) is 1. The van der Waals surface area contributed by atoms with Crippen molar-refractivity contribution in [1.29, 1.82) is 0 Å². The quantitative estimate of drug-likeness (QED) is 0.652. The molecule has 1 aliphatic heterocycles. The number of hydrogen-bond acceptors (Lipinski definition) is 7. The van der Waals surface area contributed by atoms with Gasteiger partial charge in [0.1, 0.15) is 5.01 Å². The third-order valence-electron chi connectivity index (χ3n) is 4.66. The minimum Gasteiger partial charge on any atom is -0.480 e. The monoisotopic (exact) mass is 443 g/mol. The van der Waals surface area contributed by atoms with Gasteiger partial charge in [0.15, 0.2) is 14.6 Å². The third kappa shape index (κ3) is 3.07. The molecule has 3 aromatic rings. The Hall–Kier alpha value is -1.52. The first kappa shape index (κ1) is 18.8. The predicted octanol–water partition coefficient (Wildman–Crippen LogP) is 4.09. The number of carboxylic acids is 1. The van der Waals surface area contributed by atoms with Crippen molar-refractivity contribution >= 4 is 60.3 Å². The van der Waals surface area contributed by atoms with Crippen LogP contribution in [-0.2, 0) is 19.4 Å². The van der Waals surface area contributed by atoms with E-state index in [0.29, 0.717) is 14.6 Å². The van der Waals surface area contributed by atoms with Crippen LogP contribution in [0.25, 0.3) is 20.1 Å². The number of aromatic nitrogens is 1. The second-order valence-electron chi connectivity index (χ2n) is 6.17. The summed E-state index contributed by atoms with van der Waals surface area (Å²) in [6.07, 6.45) is -0.130. The average Bonchev–Trinajstić information content (AvgIpc) is 3.27. The summed E-state index contributed by atoms with van der Waals surface area (Å²) in [6, 6.07) is 8.21. The number of ether oxygens (including phenoxy) is 1. The Morgan fingerprint density at radius 1 is 1.19 bits per heavy atom. The Morgan fingerprint density at radius 2 is 1.93 bits per heavy atom. The van der Waals surface area contributed by atoms with Gasteiger partial charge in [-0.2, -0.15) is 0 Å². The first-order chi connectivity index (χ1) is 12.8. The van der Waals surface area contributed by atoms with Gasteiger partial charge in [0.25, 0.3) is 0 Å². The lowest BCUT2D eigenvalue weighted by Gasteiger charge is -2.32. The Bertz CT molecular complexity index is 1130. The summed E-state index contributed by atoms with van der Waals surface area (Å²) in [7, 11) is -4.08. The number of rotatable bonds is 4. The van der Waals surface area contributed by atoms with Crippen LogP contribution in [0.3, 0.4) is 0 Å². The molecule has 3 heterocycles. The first-order valence-electron chi connectivity index (χ1n) is 8.06. The van der Waals surface area contributed by atoms with Crippen LogP contribution in [0.4, 0.5) is 0 Å². The van der Waals surface area contributed by atoms with Gasteiger partial charge in [-0.1, -0.05) is 11.6 Å². The van der Waals surface area contributed by atoms with Gasteiger partial charge >= 0.3 is 5.97 Å². The molecule has 142 valence electrons. The zero-order valence-corrected chi connectivity index (χ0v) is 17.1. The fourth-order valence-corrected chi connectivity index (χ4v) is 7.21. The molecule has 1 fully saturated rings. The molecular formula is C17H14ClNO5S3. The molecular weight excluding hydrogens is 430 g/mol. The van der Waals surface area contributed by atoms with E-state index in [1.54, 1.807) is 12.1 Å². The van der Waals surface area contributed by atoms with Crippen molar-refractivity contribution in [3.63, 3.8) is 0 Å². The van der Waals surface area contributed by atoms with Gasteiger partial charge in [0, 0.05) is 26.1 Å². The normalized spacial score (nSPS) is 17.2. The highest BCUT2D eigenvalue weighted by Gasteiger charge is 2.52. The number of nitrogens with zero attached hydrogens (tertiary/aromatic N) is 1. The zero-order valence-electron chi connectivity index (χ0n) is 13.8. The van der Waals surface area contributed by atoms with Crippen LogP contribution in [0.1, 0.15) is 12.8 Å². The molecule has 10 heteroatoms. The molecule has 0 atom stereocenters. The molecule has 0 aliphatic carbocycles. The number of benzene rings is 1. The van der Waals surface area contributed by atoms with Crippen molar-refractivity contribution in [3.8, 4) is 9.88 Å². The highest BCUT2D eigenvalue weighted by molar-refractivity contribution is 7.93. The number of halogens is 1. The molecule has 4 rings (SSSR count). The van der Waals surface area contributed by atoms with Gasteiger partial charge in [-0.25, -0.2) is 13.4 Å². The molecule has 0 radical (unpaired) electrons. The standard InChI is InChI=1S/C17H14ClNO5S3/c18-14-4-3-12(25-14)15-19-11-2-1-10(9-13(11)26-15)27(22,23)17(16(20)21)5-7-24-8-6-17/h1-4,9H,5-8H2,(H,20,21). The van der Waals surface area contributed by atoms with Crippen molar-refractivity contribution in [3.05, 3.63) is 34.7 Å². The van der Waals surface area contributed by atoms with Crippen molar-refractivity contribution in [2.24, 2.45) is 0 Å². The smallest absolute Gasteiger partial charge is 0.325 e. The second-order valence-corrected chi connectivity index (χ2v) is 11.2. The van der Waals surface area contributed by atoms with E-state index < -0.39 is 20.6 Å². The van der Waals surface area contributed by atoms with E-state index in [9.17, 15) is 18.3 Å². The molecule has 0 saturated carbocycles. The van der Waals surface area contributed by atoms with E-state index in [2.05, 4.69) is 4.98 Å². The number of thiazole rings is 1. The van der Waals surface area contributed by atoms with Crippen LogP contribution in [0.2, 0.25) is 4.34 Å². The Balaban J connectivity index is 1.80. The van der Waals surface area contributed by atoms with Gasteiger partial charge in [0.2, 0.25) is 0 Å². The van der Waals surface area contributed by atoms with E-state index in [0.717, 1.165) is 9.88 Å². The van der Waals surface area contributed by atoms with E-state index in [1.165, 1.54) is 34.8 Å².